The van der Waals surface area contributed by atoms with Gasteiger partial charge in [-0.3, -0.25) is 9.52 Å². The standard InChI is InChI=1S/C7H12NOPS/c1-3-5-4-6(5)7(9)8-11-10-2/h3,5-6,10H,1,4H2,2H3,(H,8,9). The fraction of sp³-hybridized carbons (Fsp3) is 0.571. The summed E-state index contributed by atoms with van der Waals surface area (Å²) in [7, 11) is 0.723. The lowest BCUT2D eigenvalue weighted by Crippen LogP contribution is -2.16. The Morgan fingerprint density at radius 1 is 1.91 bits per heavy atom. The van der Waals surface area contributed by atoms with Crippen molar-refractivity contribution < 1.29 is 4.79 Å². The predicted molar refractivity (Wildman–Crippen MR) is 51.8 cm³/mol. The van der Waals surface area contributed by atoms with E-state index in [1.54, 1.807) is 0 Å². The first kappa shape index (κ1) is 9.08. The highest BCUT2D eigenvalue weighted by Crippen LogP contribution is 2.40. The maximum absolute atomic E-state index is 11.2. The topological polar surface area (TPSA) is 29.1 Å². The number of amides is 1. The Hall–Kier alpha value is -0.0100. The van der Waals surface area contributed by atoms with E-state index in [0.29, 0.717) is 5.92 Å². The van der Waals surface area contributed by atoms with Crippen molar-refractivity contribution in [2.24, 2.45) is 11.8 Å². The minimum absolute atomic E-state index is 0.175. The second kappa shape index (κ2) is 4.13. The van der Waals surface area contributed by atoms with Crippen molar-refractivity contribution in [2.75, 3.05) is 6.66 Å². The van der Waals surface area contributed by atoms with E-state index >= 15 is 0 Å². The largest absolute Gasteiger partial charge is 0.297 e. The molecule has 1 fully saturated rings. The van der Waals surface area contributed by atoms with Crippen LogP contribution in [-0.4, -0.2) is 12.6 Å². The molecule has 2 nitrogen and oxygen atoms in total. The number of nitrogens with one attached hydrogen (secondary N) is 1. The Kier molecular flexibility index (Phi) is 3.41. The zero-order chi connectivity index (χ0) is 8.27. The second-order valence-corrected chi connectivity index (χ2v) is 5.17. The van der Waals surface area contributed by atoms with Gasteiger partial charge in [0.1, 0.15) is 0 Å². The van der Waals surface area contributed by atoms with Gasteiger partial charge in [-0.05, 0) is 38.4 Å². The zero-order valence-electron chi connectivity index (χ0n) is 6.46. The molecule has 0 aromatic carbocycles. The Morgan fingerprint density at radius 2 is 2.64 bits per heavy atom. The van der Waals surface area contributed by atoms with Gasteiger partial charge in [0.15, 0.2) is 0 Å². The van der Waals surface area contributed by atoms with E-state index in [-0.39, 0.29) is 11.8 Å². The third-order valence-electron chi connectivity index (χ3n) is 1.73. The highest BCUT2D eigenvalue weighted by atomic mass is 32.7. The Bertz CT molecular complexity index is 174. The summed E-state index contributed by atoms with van der Waals surface area (Å²) in [5.41, 5.74) is 0. The normalized spacial score (nSPS) is 28.8. The molecule has 0 radical (unpaired) electrons. The Balaban J connectivity index is 2.17. The predicted octanol–water partition coefficient (Wildman–Crippen LogP) is 1.80. The minimum Gasteiger partial charge on any atom is -0.297 e. The first-order valence-electron chi connectivity index (χ1n) is 3.54. The van der Waals surface area contributed by atoms with E-state index in [4.69, 9.17) is 0 Å². The van der Waals surface area contributed by atoms with Gasteiger partial charge in [-0.1, -0.05) is 6.08 Å². The van der Waals surface area contributed by atoms with Crippen molar-refractivity contribution in [1.82, 2.24) is 4.72 Å². The van der Waals surface area contributed by atoms with Crippen LogP contribution in [0.5, 0.6) is 0 Å². The third kappa shape index (κ3) is 2.49. The SMILES string of the molecule is C=CC1CC1C(=O)NSPC. The lowest BCUT2D eigenvalue weighted by molar-refractivity contribution is -0.120. The van der Waals surface area contributed by atoms with Crippen LogP contribution in [0.25, 0.3) is 0 Å². The van der Waals surface area contributed by atoms with E-state index in [9.17, 15) is 4.79 Å². The van der Waals surface area contributed by atoms with Crippen LogP contribution in [0.1, 0.15) is 6.42 Å². The van der Waals surface area contributed by atoms with Crippen molar-refractivity contribution in [2.45, 2.75) is 6.42 Å². The molecule has 0 saturated heterocycles. The molecule has 1 aliphatic rings. The van der Waals surface area contributed by atoms with Gasteiger partial charge in [0.05, 0.1) is 0 Å². The molecule has 0 bridgehead atoms. The number of carbonyl (C=O) groups is 1. The smallest absolute Gasteiger partial charge is 0.233 e. The summed E-state index contributed by atoms with van der Waals surface area (Å²) in [6.45, 7) is 5.70. The van der Waals surface area contributed by atoms with Crippen molar-refractivity contribution >= 4 is 25.3 Å². The van der Waals surface area contributed by atoms with Gasteiger partial charge in [0.2, 0.25) is 5.91 Å². The Morgan fingerprint density at radius 3 is 3.09 bits per heavy atom. The van der Waals surface area contributed by atoms with Crippen molar-refractivity contribution in [3.8, 4) is 0 Å². The van der Waals surface area contributed by atoms with Gasteiger partial charge in [-0.25, -0.2) is 0 Å². The molecule has 3 unspecified atom stereocenters. The van der Waals surface area contributed by atoms with Crippen LogP contribution in [0, 0.1) is 11.8 Å². The number of carbonyl (C=O) groups excluding carboxylic acids is 1. The quantitative estimate of drug-likeness (QED) is 0.415. The molecule has 11 heavy (non-hydrogen) atoms. The lowest BCUT2D eigenvalue weighted by atomic mass is 10.3. The fourth-order valence-corrected chi connectivity index (χ4v) is 1.92. The summed E-state index contributed by atoms with van der Waals surface area (Å²) in [6.07, 6.45) is 2.85. The first-order valence-corrected chi connectivity index (χ1v) is 6.58. The minimum atomic E-state index is 0.175. The zero-order valence-corrected chi connectivity index (χ0v) is 8.28. The molecule has 62 valence electrons. The van der Waals surface area contributed by atoms with Gasteiger partial charge in [0, 0.05) is 5.92 Å². The first-order chi connectivity index (χ1) is 5.29. The molecular formula is C7H12NOPS. The average molecular weight is 189 g/mol. The van der Waals surface area contributed by atoms with Gasteiger partial charge in [-0.2, -0.15) is 0 Å². The molecule has 0 aromatic rings. The van der Waals surface area contributed by atoms with Crippen LogP contribution < -0.4 is 4.72 Å². The highest BCUT2D eigenvalue weighted by molar-refractivity contribution is 8.48. The molecule has 1 N–H and O–H groups in total. The van der Waals surface area contributed by atoms with Gasteiger partial charge >= 0.3 is 0 Å². The molecule has 3 atom stereocenters. The maximum Gasteiger partial charge on any atom is 0.233 e. The number of hydrogen-bond acceptors (Lipinski definition) is 2. The molecule has 1 aliphatic carbocycles. The van der Waals surface area contributed by atoms with E-state index in [1.165, 1.54) is 11.6 Å². The summed E-state index contributed by atoms with van der Waals surface area (Å²) in [6, 6.07) is 0. The molecule has 4 heteroatoms. The third-order valence-corrected chi connectivity index (χ3v) is 3.16. The van der Waals surface area contributed by atoms with E-state index in [1.807, 2.05) is 12.7 Å². The molecule has 1 amide bonds. The van der Waals surface area contributed by atoms with Crippen LogP contribution in [0.2, 0.25) is 0 Å². The van der Waals surface area contributed by atoms with Gasteiger partial charge < -0.3 is 0 Å². The maximum atomic E-state index is 11.2. The Labute approximate surface area is 72.9 Å². The van der Waals surface area contributed by atoms with Crippen LogP contribution in [0.4, 0.5) is 0 Å². The number of allylic oxidation sites excluding steroid dienone is 1. The number of hydrogen-bond donors (Lipinski definition) is 1. The lowest BCUT2D eigenvalue weighted by Gasteiger charge is -1.98. The summed E-state index contributed by atoms with van der Waals surface area (Å²) in [5, 5.41) is 0. The van der Waals surface area contributed by atoms with E-state index in [0.717, 1.165) is 14.2 Å². The van der Waals surface area contributed by atoms with E-state index < -0.39 is 0 Å². The second-order valence-electron chi connectivity index (χ2n) is 2.51. The summed E-state index contributed by atoms with van der Waals surface area (Å²) >= 11 is 1.49. The molecule has 0 aromatic heterocycles. The molecular weight excluding hydrogens is 177 g/mol. The molecule has 0 aliphatic heterocycles. The monoisotopic (exact) mass is 189 g/mol. The van der Waals surface area contributed by atoms with Crippen molar-refractivity contribution in [3.63, 3.8) is 0 Å². The molecule has 0 spiro atoms. The van der Waals surface area contributed by atoms with Gasteiger partial charge in [-0.15, -0.1) is 6.58 Å². The molecule has 0 heterocycles. The molecule has 1 rings (SSSR count). The summed E-state index contributed by atoms with van der Waals surface area (Å²) in [5.74, 6) is 0.835. The number of rotatable bonds is 4. The van der Waals surface area contributed by atoms with Crippen molar-refractivity contribution in [3.05, 3.63) is 12.7 Å². The molecule has 1 saturated carbocycles. The van der Waals surface area contributed by atoms with Crippen LogP contribution in [0.3, 0.4) is 0 Å². The van der Waals surface area contributed by atoms with Crippen LogP contribution in [0.15, 0.2) is 12.7 Å². The van der Waals surface area contributed by atoms with E-state index in [2.05, 4.69) is 11.3 Å². The fourth-order valence-electron chi connectivity index (χ4n) is 0.954. The van der Waals surface area contributed by atoms with Gasteiger partial charge in [0.25, 0.3) is 0 Å². The van der Waals surface area contributed by atoms with Crippen LogP contribution in [-0.2, 0) is 4.79 Å². The summed E-state index contributed by atoms with van der Waals surface area (Å²) in [4.78, 5) is 11.2. The average Bonchev–Trinajstić information content (AvgIpc) is 2.78. The van der Waals surface area contributed by atoms with Crippen LogP contribution >= 0.6 is 19.4 Å². The van der Waals surface area contributed by atoms with Crippen molar-refractivity contribution in [1.29, 1.82) is 0 Å². The highest BCUT2D eigenvalue weighted by Gasteiger charge is 2.40. The summed E-state index contributed by atoms with van der Waals surface area (Å²) < 4.78 is 2.80.